The molecule has 0 saturated carbocycles. The number of nitrogens with one attached hydrogen (secondary N) is 1. The summed E-state index contributed by atoms with van der Waals surface area (Å²) in [6.07, 6.45) is 8.70. The molecule has 0 aromatic carbocycles. The topological polar surface area (TPSA) is 101 Å². The molecule has 0 radical (unpaired) electrons. The Balaban J connectivity index is 0.000000383. The minimum atomic E-state index is -5.08. The van der Waals surface area contributed by atoms with Gasteiger partial charge in [0.25, 0.3) is 5.91 Å². The standard InChI is InChI=1S/C20H26N4O2.C2HF3O2/c25-20(18-7-4-14-26-18)22-19-8-11-21-24(19)17-9-12-23(13-10-17)15-16-5-2-1-3-6-16;3-2(4,5)1(6)7/h1-2,4,7-8,11,14,16-17H,3,5-6,9-10,12-13,15H2,(H,22,25);(H,6,7). The maximum atomic E-state index is 12.2. The molecule has 2 aliphatic rings. The number of carbonyl (C=O) groups excluding carboxylic acids is 1. The third-order valence-electron chi connectivity index (χ3n) is 5.70. The molecule has 1 saturated heterocycles. The van der Waals surface area contributed by atoms with Gasteiger partial charge in [-0.2, -0.15) is 18.3 Å². The van der Waals surface area contributed by atoms with E-state index in [1.54, 1.807) is 18.3 Å². The van der Waals surface area contributed by atoms with Crippen LogP contribution in [0.25, 0.3) is 0 Å². The van der Waals surface area contributed by atoms with Gasteiger partial charge in [0, 0.05) is 25.7 Å². The number of hydrogen-bond acceptors (Lipinski definition) is 5. The second-order valence-electron chi connectivity index (χ2n) is 8.08. The zero-order valence-electron chi connectivity index (χ0n) is 18.0. The van der Waals surface area contributed by atoms with Gasteiger partial charge in [-0.05, 0) is 50.2 Å². The first-order valence-corrected chi connectivity index (χ1v) is 10.8. The number of anilines is 1. The summed E-state index contributed by atoms with van der Waals surface area (Å²) >= 11 is 0. The van der Waals surface area contributed by atoms with Gasteiger partial charge in [0.1, 0.15) is 5.82 Å². The fourth-order valence-corrected chi connectivity index (χ4v) is 4.02. The van der Waals surface area contributed by atoms with Gasteiger partial charge in [0.05, 0.1) is 18.5 Å². The molecule has 4 rings (SSSR count). The molecule has 0 spiro atoms. The summed E-state index contributed by atoms with van der Waals surface area (Å²) < 4.78 is 38.9. The van der Waals surface area contributed by atoms with Crippen molar-refractivity contribution in [3.8, 4) is 0 Å². The number of carbonyl (C=O) groups is 2. The number of carboxylic acid groups (broad SMARTS) is 1. The fourth-order valence-electron chi connectivity index (χ4n) is 4.02. The Labute approximate surface area is 189 Å². The van der Waals surface area contributed by atoms with E-state index in [2.05, 4.69) is 27.5 Å². The monoisotopic (exact) mass is 468 g/mol. The van der Waals surface area contributed by atoms with Crippen molar-refractivity contribution in [2.45, 2.75) is 44.3 Å². The molecular weight excluding hydrogens is 441 g/mol. The number of likely N-dealkylation sites (tertiary alicyclic amines) is 1. The summed E-state index contributed by atoms with van der Waals surface area (Å²) in [6.45, 7) is 3.39. The van der Waals surface area contributed by atoms with Crippen LogP contribution in [-0.4, -0.2) is 57.5 Å². The van der Waals surface area contributed by atoms with E-state index in [0.29, 0.717) is 11.8 Å². The van der Waals surface area contributed by atoms with Crippen LogP contribution in [0.3, 0.4) is 0 Å². The third-order valence-corrected chi connectivity index (χ3v) is 5.70. The van der Waals surface area contributed by atoms with Crippen LogP contribution in [0.5, 0.6) is 0 Å². The van der Waals surface area contributed by atoms with E-state index in [9.17, 15) is 18.0 Å². The zero-order valence-corrected chi connectivity index (χ0v) is 18.0. The van der Waals surface area contributed by atoms with Gasteiger partial charge in [-0.15, -0.1) is 0 Å². The van der Waals surface area contributed by atoms with Crippen molar-refractivity contribution in [1.29, 1.82) is 0 Å². The highest BCUT2D eigenvalue weighted by molar-refractivity contribution is 6.01. The normalized spacial score (nSPS) is 19.5. The average Bonchev–Trinajstić information content (AvgIpc) is 3.47. The predicted octanol–water partition coefficient (Wildman–Crippen LogP) is 4.35. The Bertz CT molecular complexity index is 932. The van der Waals surface area contributed by atoms with Crippen molar-refractivity contribution in [1.82, 2.24) is 14.7 Å². The largest absolute Gasteiger partial charge is 0.490 e. The summed E-state index contributed by atoms with van der Waals surface area (Å²) in [6, 6.07) is 5.56. The molecule has 0 bridgehead atoms. The first-order chi connectivity index (χ1) is 15.7. The lowest BCUT2D eigenvalue weighted by Crippen LogP contribution is -2.38. The molecule has 2 aromatic rings. The van der Waals surface area contributed by atoms with E-state index in [4.69, 9.17) is 14.3 Å². The minimum absolute atomic E-state index is 0.237. The number of amides is 1. The average molecular weight is 468 g/mol. The number of rotatable bonds is 5. The molecular formula is C22H27F3N4O4. The Morgan fingerprint density at radius 1 is 1.18 bits per heavy atom. The molecule has 3 heterocycles. The van der Waals surface area contributed by atoms with Crippen molar-refractivity contribution >= 4 is 17.7 Å². The number of piperidine rings is 1. The predicted molar refractivity (Wildman–Crippen MR) is 114 cm³/mol. The number of carboxylic acids is 1. The molecule has 1 atom stereocenters. The molecule has 33 heavy (non-hydrogen) atoms. The molecule has 1 fully saturated rings. The molecule has 1 amide bonds. The number of allylic oxidation sites excluding steroid dienone is 2. The van der Waals surface area contributed by atoms with Crippen LogP contribution in [-0.2, 0) is 4.79 Å². The van der Waals surface area contributed by atoms with Crippen LogP contribution in [0.1, 0.15) is 48.7 Å². The maximum absolute atomic E-state index is 12.2. The van der Waals surface area contributed by atoms with Gasteiger partial charge in [-0.25, -0.2) is 9.48 Å². The summed E-state index contributed by atoms with van der Waals surface area (Å²) in [5.41, 5.74) is 0. The van der Waals surface area contributed by atoms with Crippen LogP contribution in [0.4, 0.5) is 19.0 Å². The van der Waals surface area contributed by atoms with Gasteiger partial charge in [-0.1, -0.05) is 12.2 Å². The first-order valence-electron chi connectivity index (χ1n) is 10.8. The number of alkyl halides is 3. The van der Waals surface area contributed by atoms with Crippen molar-refractivity contribution in [2.75, 3.05) is 25.0 Å². The lowest BCUT2D eigenvalue weighted by Gasteiger charge is -2.35. The Hall–Kier alpha value is -3.08. The van der Waals surface area contributed by atoms with E-state index < -0.39 is 12.1 Å². The quantitative estimate of drug-likeness (QED) is 0.633. The van der Waals surface area contributed by atoms with Crippen molar-refractivity contribution in [3.05, 3.63) is 48.6 Å². The molecule has 2 aromatic heterocycles. The van der Waals surface area contributed by atoms with Crippen LogP contribution in [0, 0.1) is 5.92 Å². The highest BCUT2D eigenvalue weighted by Gasteiger charge is 2.38. The third kappa shape index (κ3) is 7.21. The second-order valence-corrected chi connectivity index (χ2v) is 8.08. The van der Waals surface area contributed by atoms with Gasteiger partial charge >= 0.3 is 12.1 Å². The number of halogens is 3. The summed E-state index contributed by atoms with van der Waals surface area (Å²) in [4.78, 5) is 23.7. The molecule has 8 nitrogen and oxygen atoms in total. The minimum Gasteiger partial charge on any atom is -0.475 e. The lowest BCUT2D eigenvalue weighted by atomic mass is 9.93. The smallest absolute Gasteiger partial charge is 0.475 e. The number of aliphatic carboxylic acids is 1. The van der Waals surface area contributed by atoms with Crippen LogP contribution >= 0.6 is 0 Å². The highest BCUT2D eigenvalue weighted by atomic mass is 19.4. The van der Waals surface area contributed by atoms with Crippen molar-refractivity contribution in [2.24, 2.45) is 5.92 Å². The van der Waals surface area contributed by atoms with E-state index in [-0.39, 0.29) is 5.91 Å². The van der Waals surface area contributed by atoms with Crippen LogP contribution in [0.15, 0.2) is 47.2 Å². The summed E-state index contributed by atoms with van der Waals surface area (Å²) in [5.74, 6) is -1.13. The fraction of sp³-hybridized carbons (Fsp3) is 0.500. The van der Waals surface area contributed by atoms with Gasteiger partial charge in [0.2, 0.25) is 0 Å². The summed E-state index contributed by atoms with van der Waals surface area (Å²) in [7, 11) is 0. The van der Waals surface area contributed by atoms with Gasteiger partial charge < -0.3 is 19.7 Å². The Morgan fingerprint density at radius 3 is 2.48 bits per heavy atom. The van der Waals surface area contributed by atoms with Crippen LogP contribution in [0.2, 0.25) is 0 Å². The SMILES string of the molecule is O=C(Nc1ccnn1C1CCN(CC2CC=CCC2)CC1)c1ccco1.O=C(O)C(F)(F)F. The first kappa shape index (κ1) is 24.6. The zero-order chi connectivity index (χ0) is 23.8. The number of furan rings is 1. The number of hydrogen-bond donors (Lipinski definition) is 2. The van der Waals surface area contributed by atoms with Crippen LogP contribution < -0.4 is 5.32 Å². The lowest BCUT2D eigenvalue weighted by molar-refractivity contribution is -0.192. The molecule has 2 N–H and O–H groups in total. The van der Waals surface area contributed by atoms with E-state index in [1.165, 1.54) is 32.1 Å². The maximum Gasteiger partial charge on any atom is 0.490 e. The highest BCUT2D eigenvalue weighted by Crippen LogP contribution is 2.27. The molecule has 1 aliphatic heterocycles. The molecule has 1 aliphatic carbocycles. The van der Waals surface area contributed by atoms with E-state index in [0.717, 1.165) is 37.7 Å². The van der Waals surface area contributed by atoms with Gasteiger partial charge in [0.15, 0.2) is 5.76 Å². The van der Waals surface area contributed by atoms with Gasteiger partial charge in [-0.3, -0.25) is 4.79 Å². The number of aromatic nitrogens is 2. The summed E-state index contributed by atoms with van der Waals surface area (Å²) in [5, 5.41) is 14.5. The van der Waals surface area contributed by atoms with Crippen molar-refractivity contribution in [3.63, 3.8) is 0 Å². The van der Waals surface area contributed by atoms with E-state index in [1.807, 2.05) is 10.7 Å². The molecule has 1 unspecified atom stereocenters. The van der Waals surface area contributed by atoms with Crippen molar-refractivity contribution < 1.29 is 32.3 Å². The molecule has 11 heteroatoms. The molecule has 180 valence electrons. The Morgan fingerprint density at radius 2 is 1.91 bits per heavy atom. The number of nitrogens with zero attached hydrogens (tertiary/aromatic N) is 3. The van der Waals surface area contributed by atoms with E-state index >= 15 is 0 Å². The Kier molecular flexibility index (Phi) is 8.32. The second kappa shape index (κ2) is 11.2.